The SMILES string of the molecule is COCC(=O)N1CCN(Cc2c(-c3ccc(Cl)cc3Cl)nc3ccc(NS(C)(=O)=O)cn23)CC1. The van der Waals surface area contributed by atoms with Gasteiger partial charge in [0.15, 0.2) is 0 Å². The zero-order valence-corrected chi connectivity index (χ0v) is 21.1. The molecule has 4 rings (SSSR count). The van der Waals surface area contributed by atoms with Gasteiger partial charge < -0.3 is 9.64 Å². The second kappa shape index (κ2) is 10.1. The number of aromatic nitrogens is 2. The molecule has 1 N–H and O–H groups in total. The van der Waals surface area contributed by atoms with Crippen LogP contribution < -0.4 is 4.72 Å². The predicted molar refractivity (Wildman–Crippen MR) is 133 cm³/mol. The molecule has 0 bridgehead atoms. The Balaban J connectivity index is 1.70. The molecule has 1 aromatic carbocycles. The van der Waals surface area contributed by atoms with Crippen LogP contribution in [0.3, 0.4) is 0 Å². The van der Waals surface area contributed by atoms with E-state index in [2.05, 4.69) is 9.62 Å². The molecule has 0 unspecified atom stereocenters. The number of hydrogen-bond acceptors (Lipinski definition) is 6. The minimum atomic E-state index is -3.44. The van der Waals surface area contributed by atoms with Gasteiger partial charge in [0.25, 0.3) is 0 Å². The highest BCUT2D eigenvalue weighted by molar-refractivity contribution is 7.92. The van der Waals surface area contributed by atoms with Crippen molar-refractivity contribution in [2.45, 2.75) is 6.54 Å². The van der Waals surface area contributed by atoms with Crippen molar-refractivity contribution in [1.29, 1.82) is 0 Å². The van der Waals surface area contributed by atoms with Crippen molar-refractivity contribution in [2.24, 2.45) is 0 Å². The van der Waals surface area contributed by atoms with Gasteiger partial charge in [-0.15, -0.1) is 0 Å². The van der Waals surface area contributed by atoms with E-state index >= 15 is 0 Å². The topological polar surface area (TPSA) is 96.2 Å². The standard InChI is InChI=1S/C22H25Cl2N5O4S/c1-33-14-21(30)28-9-7-27(8-10-28)13-19-22(17-5-3-15(23)11-18(17)24)25-20-6-4-16(12-29(19)20)26-34(2,31)32/h3-6,11-12,26H,7-10,13-14H2,1-2H3. The van der Waals surface area contributed by atoms with Gasteiger partial charge in [0.05, 0.1) is 28.4 Å². The maximum Gasteiger partial charge on any atom is 0.248 e. The molecule has 1 aliphatic heterocycles. The van der Waals surface area contributed by atoms with Crippen molar-refractivity contribution < 1.29 is 17.9 Å². The molecular formula is C22H25Cl2N5O4S. The molecule has 0 spiro atoms. The number of imidazole rings is 1. The third-order valence-corrected chi connectivity index (χ3v) is 6.73. The fourth-order valence-corrected chi connectivity index (χ4v) is 5.04. The molecule has 34 heavy (non-hydrogen) atoms. The van der Waals surface area contributed by atoms with Crippen LogP contribution in [0.1, 0.15) is 5.69 Å². The summed E-state index contributed by atoms with van der Waals surface area (Å²) in [6, 6.07) is 8.68. The van der Waals surface area contributed by atoms with E-state index in [1.165, 1.54) is 7.11 Å². The van der Waals surface area contributed by atoms with E-state index in [-0.39, 0.29) is 12.5 Å². The van der Waals surface area contributed by atoms with Crippen molar-refractivity contribution >= 4 is 50.5 Å². The number of halogens is 2. The van der Waals surface area contributed by atoms with E-state index in [0.29, 0.717) is 59.8 Å². The lowest BCUT2D eigenvalue weighted by molar-refractivity contribution is -0.136. The van der Waals surface area contributed by atoms with Gasteiger partial charge in [-0.05, 0) is 30.3 Å². The van der Waals surface area contributed by atoms with E-state index in [4.69, 9.17) is 32.9 Å². The summed E-state index contributed by atoms with van der Waals surface area (Å²) in [7, 11) is -1.93. The number of rotatable bonds is 7. The molecule has 1 saturated heterocycles. The van der Waals surface area contributed by atoms with Crippen LogP contribution in [0.15, 0.2) is 36.5 Å². The van der Waals surface area contributed by atoms with Crippen LogP contribution >= 0.6 is 23.2 Å². The zero-order valence-electron chi connectivity index (χ0n) is 18.8. The van der Waals surface area contributed by atoms with Crippen molar-refractivity contribution in [1.82, 2.24) is 19.2 Å². The van der Waals surface area contributed by atoms with Crippen LogP contribution in [0.4, 0.5) is 5.69 Å². The Bertz CT molecular complexity index is 1320. The lowest BCUT2D eigenvalue weighted by Crippen LogP contribution is -2.49. The first-order valence-corrected chi connectivity index (χ1v) is 13.2. The number of carbonyl (C=O) groups is 1. The number of fused-ring (bicyclic) bond motifs is 1. The number of methoxy groups -OCH3 is 1. The van der Waals surface area contributed by atoms with Gasteiger partial charge in [-0.3, -0.25) is 18.8 Å². The first kappa shape index (κ1) is 24.7. The van der Waals surface area contributed by atoms with Gasteiger partial charge in [-0.1, -0.05) is 23.2 Å². The number of carbonyl (C=O) groups excluding carboxylic acids is 1. The Morgan fingerprint density at radius 3 is 2.53 bits per heavy atom. The second-order valence-corrected chi connectivity index (χ2v) is 10.7. The predicted octanol–water partition coefficient (Wildman–Crippen LogP) is 2.97. The first-order valence-electron chi connectivity index (χ1n) is 10.6. The Kier molecular flexibility index (Phi) is 7.34. The Morgan fingerprint density at radius 2 is 1.88 bits per heavy atom. The third kappa shape index (κ3) is 5.64. The quantitative estimate of drug-likeness (QED) is 0.509. The average molecular weight is 526 g/mol. The summed E-state index contributed by atoms with van der Waals surface area (Å²) in [5, 5.41) is 0.997. The summed E-state index contributed by atoms with van der Waals surface area (Å²) < 4.78 is 32.9. The van der Waals surface area contributed by atoms with Crippen molar-refractivity contribution in [3.8, 4) is 11.3 Å². The average Bonchev–Trinajstić information content (AvgIpc) is 3.10. The molecule has 1 amide bonds. The number of hydrogen-bond donors (Lipinski definition) is 1. The Hall–Kier alpha value is -2.37. The lowest BCUT2D eigenvalue weighted by Gasteiger charge is -2.34. The molecule has 9 nitrogen and oxygen atoms in total. The summed E-state index contributed by atoms with van der Waals surface area (Å²) in [6.45, 7) is 3.15. The molecule has 2 aromatic heterocycles. The molecule has 3 aromatic rings. The van der Waals surface area contributed by atoms with Crippen molar-refractivity contribution in [3.05, 3.63) is 52.3 Å². The molecule has 1 fully saturated rings. The van der Waals surface area contributed by atoms with Gasteiger partial charge in [0.2, 0.25) is 15.9 Å². The number of pyridine rings is 1. The normalized spacial score (nSPS) is 15.1. The Labute approximate surface area is 208 Å². The van der Waals surface area contributed by atoms with Crippen LogP contribution in [-0.4, -0.2) is 79.7 Å². The van der Waals surface area contributed by atoms with Crippen molar-refractivity contribution in [2.75, 3.05) is 50.9 Å². The molecule has 0 atom stereocenters. The fourth-order valence-electron chi connectivity index (χ4n) is 4.00. The maximum absolute atomic E-state index is 12.1. The number of nitrogens with zero attached hydrogens (tertiary/aromatic N) is 4. The van der Waals surface area contributed by atoms with Crippen molar-refractivity contribution in [3.63, 3.8) is 0 Å². The number of amides is 1. The molecule has 0 saturated carbocycles. The van der Waals surface area contributed by atoms with Gasteiger partial charge in [0.1, 0.15) is 12.3 Å². The minimum absolute atomic E-state index is 0.0259. The summed E-state index contributed by atoms with van der Waals surface area (Å²) >= 11 is 12.6. The van der Waals surface area contributed by atoms with Crippen LogP contribution in [0.5, 0.6) is 0 Å². The van der Waals surface area contributed by atoms with Gasteiger partial charge >= 0.3 is 0 Å². The molecular weight excluding hydrogens is 501 g/mol. The van der Waals surface area contributed by atoms with Crippen LogP contribution in [-0.2, 0) is 26.1 Å². The molecule has 3 heterocycles. The van der Waals surface area contributed by atoms with Gasteiger partial charge in [-0.25, -0.2) is 13.4 Å². The maximum atomic E-state index is 12.1. The van der Waals surface area contributed by atoms with Crippen LogP contribution in [0, 0.1) is 0 Å². The van der Waals surface area contributed by atoms with E-state index in [1.807, 2.05) is 10.5 Å². The highest BCUT2D eigenvalue weighted by Gasteiger charge is 2.24. The van der Waals surface area contributed by atoms with Crippen LogP contribution in [0.25, 0.3) is 16.9 Å². The summed E-state index contributed by atoms with van der Waals surface area (Å²) in [6.07, 6.45) is 2.82. The Morgan fingerprint density at radius 1 is 1.15 bits per heavy atom. The molecule has 0 aliphatic carbocycles. The number of ether oxygens (including phenoxy) is 1. The highest BCUT2D eigenvalue weighted by atomic mass is 35.5. The third-order valence-electron chi connectivity index (χ3n) is 5.57. The fraction of sp³-hybridized carbons (Fsp3) is 0.364. The highest BCUT2D eigenvalue weighted by Crippen LogP contribution is 2.34. The van der Waals surface area contributed by atoms with Gasteiger partial charge in [-0.2, -0.15) is 0 Å². The molecule has 1 aliphatic rings. The molecule has 182 valence electrons. The molecule has 0 radical (unpaired) electrons. The number of piperazine rings is 1. The first-order chi connectivity index (χ1) is 16.1. The number of benzene rings is 1. The lowest BCUT2D eigenvalue weighted by atomic mass is 10.1. The number of nitrogens with one attached hydrogen (secondary N) is 1. The van der Waals surface area contributed by atoms with Crippen LogP contribution in [0.2, 0.25) is 10.0 Å². The summed E-state index contributed by atoms with van der Waals surface area (Å²) in [5.74, 6) is -0.0259. The van der Waals surface area contributed by atoms with E-state index in [0.717, 1.165) is 17.5 Å². The van der Waals surface area contributed by atoms with Gasteiger partial charge in [0, 0.05) is 56.6 Å². The molecule has 12 heteroatoms. The minimum Gasteiger partial charge on any atom is -0.375 e. The largest absolute Gasteiger partial charge is 0.375 e. The van der Waals surface area contributed by atoms with E-state index in [9.17, 15) is 13.2 Å². The van der Waals surface area contributed by atoms with E-state index < -0.39 is 10.0 Å². The van der Waals surface area contributed by atoms with E-state index in [1.54, 1.807) is 35.4 Å². The number of anilines is 1. The summed E-state index contributed by atoms with van der Waals surface area (Å²) in [5.41, 5.74) is 3.36. The summed E-state index contributed by atoms with van der Waals surface area (Å²) in [4.78, 5) is 21.0. The number of sulfonamides is 1. The zero-order chi connectivity index (χ0) is 24.5. The smallest absolute Gasteiger partial charge is 0.248 e. The monoisotopic (exact) mass is 525 g/mol. The second-order valence-electron chi connectivity index (χ2n) is 8.14.